The first-order chi connectivity index (χ1) is 15.0. The van der Waals surface area contributed by atoms with Crippen LogP contribution in [0.1, 0.15) is 39.2 Å². The zero-order valence-corrected chi connectivity index (χ0v) is 22.9. The highest BCUT2D eigenvalue weighted by atomic mass is 127. The lowest BCUT2D eigenvalue weighted by molar-refractivity contribution is 0.134. The number of benzene rings is 1. The number of aliphatic imine (C=N–C) groups is 1. The van der Waals surface area contributed by atoms with Gasteiger partial charge in [0.15, 0.2) is 5.96 Å². The van der Waals surface area contributed by atoms with Crippen LogP contribution >= 0.6 is 24.0 Å². The average molecular weight is 557 g/mol. The van der Waals surface area contributed by atoms with Crippen LogP contribution in [-0.4, -0.2) is 92.1 Å². The van der Waals surface area contributed by atoms with Crippen LogP contribution in [-0.2, 0) is 6.54 Å². The fourth-order valence-electron chi connectivity index (χ4n) is 4.69. The number of nitrogens with zero attached hydrogens (tertiary/aromatic N) is 4. The van der Waals surface area contributed by atoms with E-state index in [-0.39, 0.29) is 24.0 Å². The van der Waals surface area contributed by atoms with Crippen molar-refractivity contribution in [1.29, 1.82) is 0 Å². The maximum atomic E-state index is 4.94. The van der Waals surface area contributed by atoms with Crippen LogP contribution in [0.5, 0.6) is 0 Å². The summed E-state index contributed by atoms with van der Waals surface area (Å²) in [5, 5.41) is 7.19. The Balaban J connectivity index is 0.00000363. The number of rotatable bonds is 8. The minimum absolute atomic E-state index is 0. The van der Waals surface area contributed by atoms with Crippen molar-refractivity contribution in [3.05, 3.63) is 35.9 Å². The topological polar surface area (TPSA) is 46.1 Å². The zero-order chi connectivity index (χ0) is 22.1. The van der Waals surface area contributed by atoms with Crippen molar-refractivity contribution in [3.8, 4) is 0 Å². The average Bonchev–Trinajstić information content (AvgIpc) is 2.76. The number of hydrogen-bond acceptors (Lipinski definition) is 4. The second-order valence-electron chi connectivity index (χ2n) is 9.60. The number of piperidine rings is 1. The number of likely N-dealkylation sites (tertiary alicyclic amines) is 1. The van der Waals surface area contributed by atoms with Gasteiger partial charge in [-0.1, -0.05) is 37.3 Å². The molecule has 2 heterocycles. The van der Waals surface area contributed by atoms with E-state index < -0.39 is 0 Å². The molecule has 0 spiro atoms. The summed E-state index contributed by atoms with van der Waals surface area (Å²) in [6.07, 6.45) is 2.33. The molecule has 2 aliphatic heterocycles. The molecule has 3 atom stereocenters. The van der Waals surface area contributed by atoms with Gasteiger partial charge in [0, 0.05) is 71.0 Å². The van der Waals surface area contributed by atoms with E-state index in [1.54, 1.807) is 0 Å². The molecule has 0 radical (unpaired) electrons. The van der Waals surface area contributed by atoms with Crippen LogP contribution in [0.4, 0.5) is 0 Å². The van der Waals surface area contributed by atoms with Gasteiger partial charge in [0.1, 0.15) is 0 Å². The van der Waals surface area contributed by atoms with Gasteiger partial charge in [-0.15, -0.1) is 24.0 Å². The molecule has 6 nitrogen and oxygen atoms in total. The highest BCUT2D eigenvalue weighted by Crippen LogP contribution is 2.20. The van der Waals surface area contributed by atoms with Gasteiger partial charge in [0.2, 0.25) is 0 Å². The van der Waals surface area contributed by atoms with E-state index in [1.807, 2.05) is 0 Å². The first-order valence-electron chi connectivity index (χ1n) is 12.3. The summed E-state index contributed by atoms with van der Waals surface area (Å²) < 4.78 is 0. The van der Waals surface area contributed by atoms with E-state index in [9.17, 15) is 0 Å². The molecule has 7 heteroatoms. The monoisotopic (exact) mass is 556 g/mol. The van der Waals surface area contributed by atoms with Crippen molar-refractivity contribution >= 4 is 29.9 Å². The minimum Gasteiger partial charge on any atom is -0.357 e. The molecule has 32 heavy (non-hydrogen) atoms. The Labute approximate surface area is 213 Å². The number of piperazine rings is 1. The molecule has 3 rings (SSSR count). The van der Waals surface area contributed by atoms with Crippen molar-refractivity contribution in [1.82, 2.24) is 25.3 Å². The van der Waals surface area contributed by atoms with E-state index in [4.69, 9.17) is 4.99 Å². The molecular formula is C25H45IN6. The lowest BCUT2D eigenvalue weighted by Crippen LogP contribution is -2.51. The Morgan fingerprint density at radius 1 is 1.12 bits per heavy atom. The Bertz CT molecular complexity index is 662. The van der Waals surface area contributed by atoms with Crippen molar-refractivity contribution < 1.29 is 0 Å². The van der Waals surface area contributed by atoms with Gasteiger partial charge in [0.05, 0.1) is 0 Å². The molecule has 3 unspecified atom stereocenters. The Morgan fingerprint density at radius 3 is 2.50 bits per heavy atom. The summed E-state index contributed by atoms with van der Waals surface area (Å²) in [5.41, 5.74) is 1.41. The molecule has 182 valence electrons. The van der Waals surface area contributed by atoms with Crippen molar-refractivity contribution in [2.75, 3.05) is 59.4 Å². The summed E-state index contributed by atoms with van der Waals surface area (Å²) >= 11 is 0. The number of nitrogens with one attached hydrogen (secondary N) is 2. The summed E-state index contributed by atoms with van der Waals surface area (Å²) in [4.78, 5) is 12.6. The molecule has 2 N–H and O–H groups in total. The Kier molecular flexibility index (Phi) is 12.3. The number of halogens is 1. The van der Waals surface area contributed by atoms with E-state index in [2.05, 4.69) is 83.5 Å². The van der Waals surface area contributed by atoms with Crippen LogP contribution in [0.15, 0.2) is 35.3 Å². The van der Waals surface area contributed by atoms with Gasteiger partial charge in [-0.2, -0.15) is 0 Å². The second-order valence-corrected chi connectivity index (χ2v) is 9.60. The van der Waals surface area contributed by atoms with E-state index in [0.29, 0.717) is 18.0 Å². The maximum Gasteiger partial charge on any atom is 0.191 e. The Morgan fingerprint density at radius 2 is 1.84 bits per heavy atom. The lowest BCUT2D eigenvalue weighted by atomic mass is 9.97. The SMILES string of the molecule is CCNC(=NCC(C)CN1CCN(C)CC1)NC1CCN(Cc2ccccc2)C(C)C1.I. The standard InChI is InChI=1S/C25H44N6.HI/c1-5-26-25(27-18-21(2)19-30-15-13-29(4)14-16-30)28-24-11-12-31(22(3)17-24)20-23-9-7-6-8-10-23;/h6-10,21-22,24H,5,11-20H2,1-4H3,(H2,26,27,28);1H. The zero-order valence-electron chi connectivity index (χ0n) is 20.6. The first-order valence-corrected chi connectivity index (χ1v) is 12.3. The molecular weight excluding hydrogens is 511 g/mol. The molecule has 1 aromatic carbocycles. The lowest BCUT2D eigenvalue weighted by Gasteiger charge is -2.38. The van der Waals surface area contributed by atoms with Gasteiger partial charge < -0.3 is 20.4 Å². The summed E-state index contributed by atoms with van der Waals surface area (Å²) in [5.74, 6) is 1.56. The first kappa shape index (κ1) is 27.3. The molecule has 0 saturated carbocycles. The number of hydrogen-bond donors (Lipinski definition) is 2. The third kappa shape index (κ3) is 9.15. The second kappa shape index (κ2) is 14.4. The quantitative estimate of drug-likeness (QED) is 0.293. The third-order valence-electron chi connectivity index (χ3n) is 6.65. The van der Waals surface area contributed by atoms with Gasteiger partial charge in [-0.25, -0.2) is 0 Å². The van der Waals surface area contributed by atoms with Gasteiger partial charge >= 0.3 is 0 Å². The molecule has 0 amide bonds. The number of guanidine groups is 1. The normalized spacial score (nSPS) is 24.6. The smallest absolute Gasteiger partial charge is 0.191 e. The van der Waals surface area contributed by atoms with Crippen molar-refractivity contribution in [3.63, 3.8) is 0 Å². The van der Waals surface area contributed by atoms with Crippen LogP contribution in [0.25, 0.3) is 0 Å². The van der Waals surface area contributed by atoms with Crippen LogP contribution in [0, 0.1) is 5.92 Å². The number of likely N-dealkylation sites (N-methyl/N-ethyl adjacent to an activating group) is 1. The molecule has 2 aliphatic rings. The van der Waals surface area contributed by atoms with Gasteiger partial charge in [-0.05, 0) is 45.2 Å². The molecule has 0 aliphatic carbocycles. The summed E-state index contributed by atoms with van der Waals surface area (Å²) in [6.45, 7) is 16.7. The molecule has 0 aromatic heterocycles. The van der Waals surface area contributed by atoms with E-state index >= 15 is 0 Å². The highest BCUT2D eigenvalue weighted by molar-refractivity contribution is 14.0. The summed E-state index contributed by atoms with van der Waals surface area (Å²) in [7, 11) is 2.21. The summed E-state index contributed by atoms with van der Waals surface area (Å²) in [6, 6.07) is 11.9. The van der Waals surface area contributed by atoms with Crippen LogP contribution in [0.3, 0.4) is 0 Å². The van der Waals surface area contributed by atoms with Gasteiger partial charge in [0.25, 0.3) is 0 Å². The fourth-order valence-corrected chi connectivity index (χ4v) is 4.69. The van der Waals surface area contributed by atoms with Crippen molar-refractivity contribution in [2.24, 2.45) is 10.9 Å². The molecule has 0 bridgehead atoms. The van der Waals surface area contributed by atoms with E-state index in [1.165, 1.54) is 38.2 Å². The van der Waals surface area contributed by atoms with Crippen molar-refractivity contribution in [2.45, 2.75) is 52.2 Å². The van der Waals surface area contributed by atoms with Gasteiger partial charge in [-0.3, -0.25) is 9.89 Å². The predicted octanol–water partition coefficient (Wildman–Crippen LogP) is 3.10. The maximum absolute atomic E-state index is 4.94. The molecule has 2 fully saturated rings. The molecule has 1 aromatic rings. The molecule has 2 saturated heterocycles. The Hall–Kier alpha value is -0.900. The van der Waals surface area contributed by atoms with Crippen LogP contribution < -0.4 is 10.6 Å². The highest BCUT2D eigenvalue weighted by Gasteiger charge is 2.26. The largest absolute Gasteiger partial charge is 0.357 e. The fraction of sp³-hybridized carbons (Fsp3) is 0.720. The van der Waals surface area contributed by atoms with E-state index in [0.717, 1.165) is 45.1 Å². The minimum atomic E-state index is 0. The predicted molar refractivity (Wildman–Crippen MR) is 147 cm³/mol. The van der Waals surface area contributed by atoms with Crippen LogP contribution in [0.2, 0.25) is 0 Å². The third-order valence-corrected chi connectivity index (χ3v) is 6.65.